The molecule has 0 bridgehead atoms. The first-order valence-electron chi connectivity index (χ1n) is 5.80. The van der Waals surface area contributed by atoms with Crippen LogP contribution in [0, 0.1) is 5.82 Å². The molecule has 0 spiro atoms. The van der Waals surface area contributed by atoms with Crippen molar-refractivity contribution in [3.05, 3.63) is 58.9 Å². The van der Waals surface area contributed by atoms with Gasteiger partial charge in [0.2, 0.25) is 5.95 Å². The number of benzene rings is 2. The molecule has 0 radical (unpaired) electrons. The van der Waals surface area contributed by atoms with E-state index in [9.17, 15) is 4.39 Å². The van der Waals surface area contributed by atoms with Crippen molar-refractivity contribution in [2.45, 2.75) is 6.54 Å². The largest absolute Gasteiger partial charge is 0.369 e. The molecule has 0 aliphatic rings. The number of halogens is 2. The molecular weight excluding hydrogens is 265 g/mol. The molecule has 0 atom stereocenters. The Morgan fingerprint density at radius 3 is 2.79 bits per heavy atom. The fraction of sp³-hybridized carbons (Fsp3) is 0.0714. The second kappa shape index (κ2) is 4.55. The van der Waals surface area contributed by atoms with E-state index in [2.05, 4.69) is 4.98 Å². The number of hydrogen-bond acceptors (Lipinski definition) is 2. The third-order valence-electron chi connectivity index (χ3n) is 3.03. The molecule has 3 nitrogen and oxygen atoms in total. The minimum absolute atomic E-state index is 0.259. The molecule has 0 aliphatic heterocycles. The molecule has 96 valence electrons. The molecule has 0 saturated heterocycles. The van der Waals surface area contributed by atoms with Crippen molar-refractivity contribution < 1.29 is 4.39 Å². The van der Waals surface area contributed by atoms with Crippen LogP contribution in [-0.4, -0.2) is 9.55 Å². The van der Waals surface area contributed by atoms with Crippen molar-refractivity contribution in [1.29, 1.82) is 0 Å². The Kier molecular flexibility index (Phi) is 2.87. The Morgan fingerprint density at radius 1 is 1.21 bits per heavy atom. The van der Waals surface area contributed by atoms with E-state index in [1.54, 1.807) is 41.0 Å². The van der Waals surface area contributed by atoms with Gasteiger partial charge >= 0.3 is 0 Å². The van der Waals surface area contributed by atoms with Gasteiger partial charge in [-0.1, -0.05) is 29.8 Å². The standard InChI is InChI=1S/C14H11ClFN3/c15-10-5-6-12-13(7-10)19(14(17)18-12)8-9-3-1-2-4-11(9)16/h1-7H,8H2,(H2,17,18). The zero-order valence-corrected chi connectivity index (χ0v) is 10.7. The fourth-order valence-corrected chi connectivity index (χ4v) is 2.24. The Balaban J connectivity index is 2.12. The predicted molar refractivity (Wildman–Crippen MR) is 74.7 cm³/mol. The van der Waals surface area contributed by atoms with Gasteiger partial charge in [0.05, 0.1) is 17.6 Å². The molecule has 19 heavy (non-hydrogen) atoms. The zero-order chi connectivity index (χ0) is 13.4. The van der Waals surface area contributed by atoms with Crippen molar-refractivity contribution in [2.75, 3.05) is 5.73 Å². The first-order chi connectivity index (χ1) is 9.15. The number of aromatic nitrogens is 2. The third-order valence-corrected chi connectivity index (χ3v) is 3.26. The minimum atomic E-state index is -0.259. The Bertz CT molecular complexity index is 752. The van der Waals surface area contributed by atoms with Crippen molar-refractivity contribution in [1.82, 2.24) is 9.55 Å². The second-order valence-electron chi connectivity index (χ2n) is 4.28. The number of nitrogen functional groups attached to an aromatic ring is 1. The lowest BCUT2D eigenvalue weighted by Gasteiger charge is -2.07. The van der Waals surface area contributed by atoms with Gasteiger partial charge in [-0.15, -0.1) is 0 Å². The number of hydrogen-bond donors (Lipinski definition) is 1. The maximum absolute atomic E-state index is 13.7. The van der Waals surface area contributed by atoms with Crippen LogP contribution in [0.5, 0.6) is 0 Å². The number of imidazole rings is 1. The topological polar surface area (TPSA) is 43.8 Å². The summed E-state index contributed by atoms with van der Waals surface area (Å²) in [6.45, 7) is 0.329. The molecule has 5 heteroatoms. The lowest BCUT2D eigenvalue weighted by Crippen LogP contribution is -2.05. The molecule has 3 rings (SSSR count). The summed E-state index contributed by atoms with van der Waals surface area (Å²) < 4.78 is 15.4. The number of anilines is 1. The third kappa shape index (κ3) is 2.15. The van der Waals surface area contributed by atoms with Crippen molar-refractivity contribution in [3.63, 3.8) is 0 Å². The molecule has 3 aromatic rings. The van der Waals surface area contributed by atoms with Crippen LogP contribution in [0.25, 0.3) is 11.0 Å². The molecule has 0 unspecified atom stereocenters. The van der Waals surface area contributed by atoms with Gasteiger partial charge in [0.1, 0.15) is 5.82 Å². The monoisotopic (exact) mass is 275 g/mol. The lowest BCUT2D eigenvalue weighted by atomic mass is 10.2. The zero-order valence-electron chi connectivity index (χ0n) is 9.98. The fourth-order valence-electron chi connectivity index (χ4n) is 2.08. The van der Waals surface area contributed by atoms with Crippen molar-refractivity contribution >= 4 is 28.6 Å². The normalized spacial score (nSPS) is 11.1. The van der Waals surface area contributed by atoms with Gasteiger partial charge in [-0.3, -0.25) is 0 Å². The van der Waals surface area contributed by atoms with Gasteiger partial charge in [-0.25, -0.2) is 9.37 Å². The van der Waals surface area contributed by atoms with E-state index in [-0.39, 0.29) is 5.82 Å². The maximum Gasteiger partial charge on any atom is 0.201 e. The van der Waals surface area contributed by atoms with E-state index < -0.39 is 0 Å². The summed E-state index contributed by atoms with van der Waals surface area (Å²) >= 11 is 5.98. The first kappa shape index (κ1) is 12.0. The van der Waals surface area contributed by atoms with Crippen molar-refractivity contribution in [3.8, 4) is 0 Å². The number of nitrogens with zero attached hydrogens (tertiary/aromatic N) is 2. The number of fused-ring (bicyclic) bond motifs is 1. The molecule has 2 aromatic carbocycles. The highest BCUT2D eigenvalue weighted by Crippen LogP contribution is 2.23. The second-order valence-corrected chi connectivity index (χ2v) is 4.72. The SMILES string of the molecule is Nc1nc2ccc(Cl)cc2n1Cc1ccccc1F. The summed E-state index contributed by atoms with van der Waals surface area (Å²) in [6.07, 6.45) is 0. The van der Waals surface area contributed by atoms with Crippen LogP contribution in [0.3, 0.4) is 0 Å². The lowest BCUT2D eigenvalue weighted by molar-refractivity contribution is 0.602. The van der Waals surface area contributed by atoms with Crippen LogP contribution in [0.15, 0.2) is 42.5 Å². The molecule has 0 saturated carbocycles. The van der Waals surface area contributed by atoms with E-state index in [0.29, 0.717) is 23.1 Å². The van der Waals surface area contributed by atoms with Crippen LogP contribution in [0.4, 0.5) is 10.3 Å². The summed E-state index contributed by atoms with van der Waals surface area (Å²) in [4.78, 5) is 4.24. The van der Waals surface area contributed by atoms with Crippen molar-refractivity contribution in [2.24, 2.45) is 0 Å². The molecule has 0 amide bonds. The van der Waals surface area contributed by atoms with Crippen LogP contribution in [-0.2, 0) is 6.54 Å². The Labute approximate surface area is 114 Å². The molecular formula is C14H11ClFN3. The summed E-state index contributed by atoms with van der Waals surface area (Å²) in [7, 11) is 0. The van der Waals surface area contributed by atoms with E-state index in [4.69, 9.17) is 17.3 Å². The molecule has 0 fully saturated rings. The quantitative estimate of drug-likeness (QED) is 0.778. The van der Waals surface area contributed by atoms with Gasteiger partial charge < -0.3 is 10.3 Å². The van der Waals surface area contributed by atoms with Crippen LogP contribution >= 0.6 is 11.6 Å². The van der Waals surface area contributed by atoms with Gasteiger partial charge in [0, 0.05) is 10.6 Å². The predicted octanol–water partition coefficient (Wildman–Crippen LogP) is 3.46. The Morgan fingerprint density at radius 2 is 2.00 bits per heavy atom. The van der Waals surface area contributed by atoms with E-state index in [1.807, 2.05) is 0 Å². The summed E-state index contributed by atoms with van der Waals surface area (Å²) in [6, 6.07) is 11.9. The minimum Gasteiger partial charge on any atom is -0.369 e. The highest BCUT2D eigenvalue weighted by atomic mass is 35.5. The summed E-state index contributed by atoms with van der Waals surface area (Å²) in [5.74, 6) is 0.0892. The summed E-state index contributed by atoms with van der Waals surface area (Å²) in [5.41, 5.74) is 8.00. The Hall–Kier alpha value is -2.07. The first-order valence-corrected chi connectivity index (χ1v) is 6.17. The molecule has 1 heterocycles. The maximum atomic E-state index is 13.7. The van der Waals surface area contributed by atoms with Crippen LogP contribution < -0.4 is 5.73 Å². The molecule has 2 N–H and O–H groups in total. The van der Waals surface area contributed by atoms with E-state index >= 15 is 0 Å². The number of rotatable bonds is 2. The van der Waals surface area contributed by atoms with Gasteiger partial charge in [-0.2, -0.15) is 0 Å². The van der Waals surface area contributed by atoms with Gasteiger partial charge in [0.15, 0.2) is 0 Å². The van der Waals surface area contributed by atoms with E-state index in [0.717, 1.165) is 11.0 Å². The van der Waals surface area contributed by atoms with E-state index in [1.165, 1.54) is 6.07 Å². The summed E-state index contributed by atoms with van der Waals surface area (Å²) in [5, 5.41) is 0.599. The molecule has 1 aromatic heterocycles. The average molecular weight is 276 g/mol. The molecule has 0 aliphatic carbocycles. The van der Waals surface area contributed by atoms with Crippen LogP contribution in [0.2, 0.25) is 5.02 Å². The smallest absolute Gasteiger partial charge is 0.201 e. The highest BCUT2D eigenvalue weighted by Gasteiger charge is 2.10. The van der Waals surface area contributed by atoms with Gasteiger partial charge in [0.25, 0.3) is 0 Å². The average Bonchev–Trinajstić information content (AvgIpc) is 2.69. The number of nitrogens with two attached hydrogens (primary N) is 1. The van der Waals surface area contributed by atoms with Crippen LogP contribution in [0.1, 0.15) is 5.56 Å². The van der Waals surface area contributed by atoms with Gasteiger partial charge in [-0.05, 0) is 24.3 Å². The highest BCUT2D eigenvalue weighted by molar-refractivity contribution is 6.31.